The third-order valence-electron chi connectivity index (χ3n) is 6.49. The number of aromatic nitrogens is 4. The smallest absolute Gasteiger partial charge is 0.236 e. The van der Waals surface area contributed by atoms with Gasteiger partial charge in [-0.25, -0.2) is 18.4 Å². The number of aromatic amines is 1. The number of para-hydroxylation sites is 1. The van der Waals surface area contributed by atoms with Gasteiger partial charge in [0.1, 0.15) is 22.9 Å². The van der Waals surface area contributed by atoms with Gasteiger partial charge in [-0.2, -0.15) is 0 Å². The molecule has 0 bridgehead atoms. The molecule has 0 unspecified atom stereocenters. The van der Waals surface area contributed by atoms with E-state index in [4.69, 9.17) is 10.7 Å². The zero-order chi connectivity index (χ0) is 23.2. The SMILES string of the molecule is CCS(=O)(=O)NC(=O)[C@H]1CC[C@H](c2nc(-c3cc4ccccc4[nH]3)c3c(N)nccn32)CC1. The summed E-state index contributed by atoms with van der Waals surface area (Å²) < 4.78 is 27.7. The summed E-state index contributed by atoms with van der Waals surface area (Å²) in [5, 5.41) is 1.09. The molecule has 5 rings (SSSR count). The van der Waals surface area contributed by atoms with Crippen LogP contribution in [0.1, 0.15) is 44.3 Å². The maximum Gasteiger partial charge on any atom is 0.236 e. The molecule has 3 heterocycles. The van der Waals surface area contributed by atoms with Crippen molar-refractivity contribution in [3.8, 4) is 11.4 Å². The number of sulfonamides is 1. The van der Waals surface area contributed by atoms with Crippen molar-refractivity contribution in [3.05, 3.63) is 48.5 Å². The molecular weight excluding hydrogens is 440 g/mol. The lowest BCUT2D eigenvalue weighted by Gasteiger charge is -2.27. The Bertz CT molecular complexity index is 1410. The quantitative estimate of drug-likeness (QED) is 0.413. The Morgan fingerprint density at radius 3 is 2.73 bits per heavy atom. The number of benzene rings is 1. The third-order valence-corrected chi connectivity index (χ3v) is 7.77. The summed E-state index contributed by atoms with van der Waals surface area (Å²) in [6, 6.07) is 10.1. The van der Waals surface area contributed by atoms with Crippen LogP contribution in [0.5, 0.6) is 0 Å². The van der Waals surface area contributed by atoms with Gasteiger partial charge in [0, 0.05) is 35.1 Å². The van der Waals surface area contributed by atoms with E-state index in [-0.39, 0.29) is 17.6 Å². The molecule has 4 N–H and O–H groups in total. The molecule has 1 aromatic carbocycles. The molecule has 10 heteroatoms. The summed E-state index contributed by atoms with van der Waals surface area (Å²) in [6.07, 6.45) is 6.21. The van der Waals surface area contributed by atoms with Crippen LogP contribution < -0.4 is 10.5 Å². The number of nitrogens with one attached hydrogen (secondary N) is 2. The summed E-state index contributed by atoms with van der Waals surface area (Å²) in [7, 11) is -3.55. The lowest BCUT2D eigenvalue weighted by molar-refractivity contribution is -0.124. The first-order chi connectivity index (χ1) is 15.9. The number of imidazole rings is 1. The first-order valence-corrected chi connectivity index (χ1v) is 12.8. The molecule has 9 nitrogen and oxygen atoms in total. The number of nitrogens with zero attached hydrogens (tertiary/aromatic N) is 3. The molecule has 4 aromatic rings. The van der Waals surface area contributed by atoms with Gasteiger partial charge in [0.25, 0.3) is 0 Å². The van der Waals surface area contributed by atoms with Crippen molar-refractivity contribution < 1.29 is 13.2 Å². The molecule has 0 radical (unpaired) electrons. The van der Waals surface area contributed by atoms with Crippen molar-refractivity contribution in [3.63, 3.8) is 0 Å². The van der Waals surface area contributed by atoms with Gasteiger partial charge in [0.15, 0.2) is 0 Å². The predicted molar refractivity (Wildman–Crippen MR) is 127 cm³/mol. The predicted octanol–water partition coefficient (Wildman–Crippen LogP) is 3.20. The van der Waals surface area contributed by atoms with E-state index >= 15 is 0 Å². The molecule has 1 fully saturated rings. The van der Waals surface area contributed by atoms with Crippen LogP contribution in [0.4, 0.5) is 5.82 Å². The Balaban J connectivity index is 1.45. The number of amides is 1. The van der Waals surface area contributed by atoms with Crippen LogP contribution in [0.25, 0.3) is 27.8 Å². The van der Waals surface area contributed by atoms with Crippen molar-refractivity contribution in [2.24, 2.45) is 5.92 Å². The highest BCUT2D eigenvalue weighted by Gasteiger charge is 2.31. The lowest BCUT2D eigenvalue weighted by atomic mass is 9.81. The van der Waals surface area contributed by atoms with E-state index in [9.17, 15) is 13.2 Å². The minimum absolute atomic E-state index is 0.111. The van der Waals surface area contributed by atoms with E-state index in [0.29, 0.717) is 18.7 Å². The highest BCUT2D eigenvalue weighted by atomic mass is 32.2. The van der Waals surface area contributed by atoms with E-state index in [1.54, 1.807) is 6.20 Å². The van der Waals surface area contributed by atoms with Gasteiger partial charge >= 0.3 is 0 Å². The van der Waals surface area contributed by atoms with E-state index in [1.165, 1.54) is 6.92 Å². The van der Waals surface area contributed by atoms with Crippen LogP contribution >= 0.6 is 0 Å². The fraction of sp³-hybridized carbons (Fsp3) is 0.348. The highest BCUT2D eigenvalue weighted by Crippen LogP contribution is 2.39. The lowest BCUT2D eigenvalue weighted by Crippen LogP contribution is -2.38. The van der Waals surface area contributed by atoms with Crippen LogP contribution in [0.3, 0.4) is 0 Å². The summed E-state index contributed by atoms with van der Waals surface area (Å²) in [5.41, 5.74) is 9.67. The number of hydrogen-bond acceptors (Lipinski definition) is 6. The average Bonchev–Trinajstić information content (AvgIpc) is 3.41. The minimum atomic E-state index is -3.55. The number of carbonyl (C=O) groups excluding carboxylic acids is 1. The third kappa shape index (κ3) is 3.95. The normalized spacial score (nSPS) is 19.2. The maximum atomic E-state index is 12.4. The molecule has 0 saturated heterocycles. The van der Waals surface area contributed by atoms with Crippen molar-refractivity contribution in [2.45, 2.75) is 38.5 Å². The van der Waals surface area contributed by atoms with Gasteiger partial charge in [-0.05, 0) is 44.7 Å². The summed E-state index contributed by atoms with van der Waals surface area (Å²) >= 11 is 0. The molecule has 172 valence electrons. The summed E-state index contributed by atoms with van der Waals surface area (Å²) in [4.78, 5) is 25.1. The number of nitrogen functional groups attached to an aromatic ring is 1. The van der Waals surface area contributed by atoms with Crippen LogP contribution in [0, 0.1) is 5.92 Å². The maximum absolute atomic E-state index is 12.4. The Labute approximate surface area is 191 Å². The van der Waals surface area contributed by atoms with Crippen LogP contribution in [0.15, 0.2) is 42.7 Å². The second-order valence-electron chi connectivity index (χ2n) is 8.54. The van der Waals surface area contributed by atoms with Crippen LogP contribution in [-0.2, 0) is 14.8 Å². The van der Waals surface area contributed by atoms with Gasteiger partial charge < -0.3 is 10.7 Å². The van der Waals surface area contributed by atoms with Crippen molar-refractivity contribution in [2.75, 3.05) is 11.5 Å². The van der Waals surface area contributed by atoms with Crippen molar-refractivity contribution in [1.29, 1.82) is 0 Å². The van der Waals surface area contributed by atoms with Crippen LogP contribution in [0.2, 0.25) is 0 Å². The van der Waals surface area contributed by atoms with Gasteiger partial charge in [0.2, 0.25) is 15.9 Å². The zero-order valence-corrected chi connectivity index (χ0v) is 19.1. The molecule has 33 heavy (non-hydrogen) atoms. The number of nitrogens with two attached hydrogens (primary N) is 1. The van der Waals surface area contributed by atoms with Crippen molar-refractivity contribution in [1.82, 2.24) is 24.1 Å². The first-order valence-electron chi connectivity index (χ1n) is 11.1. The Hall–Kier alpha value is -3.40. The number of carbonyl (C=O) groups is 1. The minimum Gasteiger partial charge on any atom is -0.382 e. The van der Waals surface area contributed by atoms with E-state index < -0.39 is 15.9 Å². The van der Waals surface area contributed by atoms with E-state index in [2.05, 4.69) is 20.8 Å². The average molecular weight is 467 g/mol. The van der Waals surface area contributed by atoms with Crippen LogP contribution in [-0.4, -0.2) is 39.4 Å². The van der Waals surface area contributed by atoms with Gasteiger partial charge in [-0.3, -0.25) is 13.9 Å². The number of H-pyrrole nitrogens is 1. The van der Waals surface area contributed by atoms with E-state index in [1.807, 2.05) is 34.9 Å². The largest absolute Gasteiger partial charge is 0.382 e. The number of anilines is 1. The van der Waals surface area contributed by atoms with Gasteiger partial charge in [0.05, 0.1) is 11.4 Å². The highest BCUT2D eigenvalue weighted by molar-refractivity contribution is 7.90. The Morgan fingerprint density at radius 2 is 2.00 bits per heavy atom. The fourth-order valence-electron chi connectivity index (χ4n) is 4.69. The zero-order valence-electron chi connectivity index (χ0n) is 18.3. The first kappa shape index (κ1) is 21.4. The van der Waals surface area contributed by atoms with E-state index in [0.717, 1.165) is 46.5 Å². The van der Waals surface area contributed by atoms with Gasteiger partial charge in [-0.15, -0.1) is 0 Å². The standard InChI is InChI=1S/C23H26N6O3S/c1-2-33(31,32)28-23(30)15-9-7-14(8-10-15)22-27-19(20-21(24)25-11-12-29(20)22)18-13-16-5-3-4-6-17(16)26-18/h3-6,11-15,26H,2,7-10H2,1H3,(H2,24,25)(H,28,30)/t14-,15-. The second-order valence-corrected chi connectivity index (χ2v) is 10.5. The molecule has 1 aliphatic carbocycles. The number of rotatable bonds is 5. The Kier molecular flexibility index (Phi) is 5.32. The molecule has 1 aliphatic rings. The molecule has 0 aliphatic heterocycles. The van der Waals surface area contributed by atoms with Crippen molar-refractivity contribution >= 4 is 38.2 Å². The molecule has 3 aromatic heterocycles. The topological polar surface area (TPSA) is 135 Å². The monoisotopic (exact) mass is 466 g/mol. The molecule has 0 atom stereocenters. The number of fused-ring (bicyclic) bond motifs is 2. The van der Waals surface area contributed by atoms with Gasteiger partial charge in [-0.1, -0.05) is 18.2 Å². The molecular formula is C23H26N6O3S. The molecule has 1 amide bonds. The summed E-state index contributed by atoms with van der Waals surface area (Å²) in [5.74, 6) is 0.587. The second kappa shape index (κ2) is 8.18. The number of hydrogen-bond donors (Lipinski definition) is 3. The Morgan fingerprint density at radius 1 is 1.24 bits per heavy atom. The molecule has 0 spiro atoms. The summed E-state index contributed by atoms with van der Waals surface area (Å²) in [6.45, 7) is 1.52. The fourth-order valence-corrected chi connectivity index (χ4v) is 5.30. The molecule has 1 saturated carbocycles.